The number of hydrogen-bond donors (Lipinski definition) is 1. The van der Waals surface area contributed by atoms with E-state index in [9.17, 15) is 14.4 Å². The Labute approximate surface area is 100 Å². The molecule has 0 spiro atoms. The van der Waals surface area contributed by atoms with Crippen molar-refractivity contribution in [2.24, 2.45) is 0 Å². The molecular weight excluding hydrogens is 224 g/mol. The van der Waals surface area contributed by atoms with Crippen molar-refractivity contribution in [2.75, 3.05) is 19.7 Å². The van der Waals surface area contributed by atoms with E-state index in [2.05, 4.69) is 5.32 Å². The molecule has 6 heteroatoms. The van der Waals surface area contributed by atoms with Gasteiger partial charge in [0.2, 0.25) is 11.8 Å². The monoisotopic (exact) mass is 242 g/mol. The number of carbonyl (C=O) groups is 3. The van der Waals surface area contributed by atoms with Crippen LogP contribution in [0.1, 0.15) is 27.2 Å². The number of carbonyl (C=O) groups excluding carboxylic acids is 3. The van der Waals surface area contributed by atoms with Gasteiger partial charge < -0.3 is 4.74 Å². The molecule has 0 atom stereocenters. The summed E-state index contributed by atoms with van der Waals surface area (Å²) in [5.41, 5.74) is -0.777. The molecule has 0 aliphatic carbocycles. The molecule has 0 bridgehead atoms. The zero-order valence-electron chi connectivity index (χ0n) is 10.4. The third kappa shape index (κ3) is 3.26. The van der Waals surface area contributed by atoms with Crippen LogP contribution in [0.3, 0.4) is 0 Å². The Bertz CT molecular complexity index is 338. The van der Waals surface area contributed by atoms with Gasteiger partial charge in [-0.15, -0.1) is 0 Å². The fourth-order valence-corrected chi connectivity index (χ4v) is 1.65. The van der Waals surface area contributed by atoms with Crippen molar-refractivity contribution < 1.29 is 19.1 Å². The van der Waals surface area contributed by atoms with Gasteiger partial charge in [0.25, 0.3) is 0 Å². The highest BCUT2D eigenvalue weighted by Gasteiger charge is 2.40. The van der Waals surface area contributed by atoms with Crippen molar-refractivity contribution in [2.45, 2.75) is 32.7 Å². The average Bonchev–Trinajstić information content (AvgIpc) is 2.22. The topological polar surface area (TPSA) is 75.7 Å². The molecule has 0 aromatic rings. The first-order chi connectivity index (χ1) is 7.87. The van der Waals surface area contributed by atoms with E-state index in [1.54, 1.807) is 25.7 Å². The number of ether oxygens (including phenoxy) is 1. The van der Waals surface area contributed by atoms with Gasteiger partial charge in [-0.3, -0.25) is 24.6 Å². The number of rotatable bonds is 4. The molecule has 0 radical (unpaired) electrons. The summed E-state index contributed by atoms with van der Waals surface area (Å²) in [6.07, 6.45) is 0.178. The first kappa shape index (κ1) is 13.6. The third-order valence-corrected chi connectivity index (χ3v) is 2.82. The standard InChI is InChI=1S/C11H18N2O4/c1-4-17-9(15)5-6-13-7-8(14)12-10(16)11(13,2)3/h4-7H2,1-3H3,(H,12,14,16). The molecule has 1 heterocycles. The summed E-state index contributed by atoms with van der Waals surface area (Å²) in [4.78, 5) is 35.8. The van der Waals surface area contributed by atoms with Gasteiger partial charge in [-0.05, 0) is 20.8 Å². The summed E-state index contributed by atoms with van der Waals surface area (Å²) in [7, 11) is 0. The Morgan fingerprint density at radius 2 is 2.12 bits per heavy atom. The van der Waals surface area contributed by atoms with Gasteiger partial charge in [0.1, 0.15) is 0 Å². The molecule has 0 aromatic carbocycles. The SMILES string of the molecule is CCOC(=O)CCN1CC(=O)NC(=O)C1(C)C. The van der Waals surface area contributed by atoms with E-state index in [1.165, 1.54) is 0 Å². The van der Waals surface area contributed by atoms with Crippen LogP contribution < -0.4 is 5.32 Å². The highest BCUT2D eigenvalue weighted by molar-refractivity contribution is 6.02. The summed E-state index contributed by atoms with van der Waals surface area (Å²) >= 11 is 0. The van der Waals surface area contributed by atoms with Gasteiger partial charge in [0, 0.05) is 6.54 Å². The van der Waals surface area contributed by atoms with Gasteiger partial charge in [0.05, 0.1) is 25.1 Å². The fraction of sp³-hybridized carbons (Fsp3) is 0.727. The maximum absolute atomic E-state index is 11.6. The van der Waals surface area contributed by atoms with Crippen molar-refractivity contribution in [3.8, 4) is 0 Å². The van der Waals surface area contributed by atoms with Crippen LogP contribution in [0, 0.1) is 0 Å². The Balaban J connectivity index is 2.58. The lowest BCUT2D eigenvalue weighted by molar-refractivity contribution is -0.149. The Kier molecular flexibility index (Phi) is 4.22. The van der Waals surface area contributed by atoms with E-state index in [0.29, 0.717) is 13.2 Å². The summed E-state index contributed by atoms with van der Waals surface area (Å²) in [6, 6.07) is 0. The molecule has 1 fully saturated rings. The molecule has 2 amide bonds. The number of hydrogen-bond acceptors (Lipinski definition) is 5. The first-order valence-corrected chi connectivity index (χ1v) is 5.63. The molecule has 17 heavy (non-hydrogen) atoms. The van der Waals surface area contributed by atoms with Crippen molar-refractivity contribution in [3.63, 3.8) is 0 Å². The van der Waals surface area contributed by atoms with Gasteiger partial charge in [-0.2, -0.15) is 0 Å². The second-order valence-electron chi connectivity index (χ2n) is 4.41. The molecule has 0 aromatic heterocycles. The Hall–Kier alpha value is -1.43. The molecule has 1 rings (SSSR count). The molecule has 1 aliphatic rings. The lowest BCUT2D eigenvalue weighted by atomic mass is 9.98. The maximum Gasteiger partial charge on any atom is 0.307 e. The molecule has 0 unspecified atom stereocenters. The van der Waals surface area contributed by atoms with Crippen molar-refractivity contribution >= 4 is 17.8 Å². The minimum absolute atomic E-state index is 0.123. The lowest BCUT2D eigenvalue weighted by Crippen LogP contribution is -2.64. The van der Waals surface area contributed by atoms with Crippen LogP contribution in [0.2, 0.25) is 0 Å². The number of imide groups is 1. The molecular formula is C11H18N2O4. The molecule has 96 valence electrons. The minimum atomic E-state index is -0.777. The number of esters is 1. The van der Waals surface area contributed by atoms with Crippen LogP contribution in [-0.4, -0.2) is 47.9 Å². The highest BCUT2D eigenvalue weighted by Crippen LogP contribution is 2.18. The van der Waals surface area contributed by atoms with E-state index in [0.717, 1.165) is 0 Å². The highest BCUT2D eigenvalue weighted by atomic mass is 16.5. The molecule has 1 aliphatic heterocycles. The smallest absolute Gasteiger partial charge is 0.307 e. The van der Waals surface area contributed by atoms with Crippen LogP contribution >= 0.6 is 0 Å². The Morgan fingerprint density at radius 3 is 2.71 bits per heavy atom. The molecule has 1 N–H and O–H groups in total. The zero-order valence-corrected chi connectivity index (χ0v) is 10.4. The number of nitrogens with zero attached hydrogens (tertiary/aromatic N) is 1. The second-order valence-corrected chi connectivity index (χ2v) is 4.41. The normalized spacial score (nSPS) is 19.9. The van der Waals surface area contributed by atoms with Gasteiger partial charge in [0.15, 0.2) is 0 Å². The Morgan fingerprint density at radius 1 is 1.47 bits per heavy atom. The molecule has 1 saturated heterocycles. The quantitative estimate of drug-likeness (QED) is 0.540. The minimum Gasteiger partial charge on any atom is -0.466 e. The predicted octanol–water partition coefficient (Wildman–Crippen LogP) is -0.323. The van der Waals surface area contributed by atoms with Crippen molar-refractivity contribution in [1.82, 2.24) is 10.2 Å². The molecule has 0 saturated carbocycles. The van der Waals surface area contributed by atoms with Gasteiger partial charge in [-0.25, -0.2) is 0 Å². The predicted molar refractivity (Wildman–Crippen MR) is 60.1 cm³/mol. The lowest BCUT2D eigenvalue weighted by Gasteiger charge is -2.39. The van der Waals surface area contributed by atoms with Crippen molar-refractivity contribution in [1.29, 1.82) is 0 Å². The largest absolute Gasteiger partial charge is 0.466 e. The first-order valence-electron chi connectivity index (χ1n) is 5.63. The number of piperazine rings is 1. The van der Waals surface area contributed by atoms with E-state index in [4.69, 9.17) is 4.74 Å². The maximum atomic E-state index is 11.6. The van der Waals surface area contributed by atoms with E-state index in [1.807, 2.05) is 0 Å². The van der Waals surface area contributed by atoms with Gasteiger partial charge >= 0.3 is 5.97 Å². The summed E-state index contributed by atoms with van der Waals surface area (Å²) in [6.45, 7) is 5.98. The van der Waals surface area contributed by atoms with Crippen LogP contribution in [0.5, 0.6) is 0 Å². The van der Waals surface area contributed by atoms with Crippen molar-refractivity contribution in [3.05, 3.63) is 0 Å². The zero-order chi connectivity index (χ0) is 13.1. The average molecular weight is 242 g/mol. The summed E-state index contributed by atoms with van der Waals surface area (Å²) in [5.74, 6) is -0.988. The fourth-order valence-electron chi connectivity index (χ4n) is 1.65. The van der Waals surface area contributed by atoms with E-state index < -0.39 is 5.54 Å². The summed E-state index contributed by atoms with van der Waals surface area (Å²) < 4.78 is 4.80. The van der Waals surface area contributed by atoms with E-state index >= 15 is 0 Å². The van der Waals surface area contributed by atoms with Crippen LogP contribution in [-0.2, 0) is 19.1 Å². The van der Waals surface area contributed by atoms with Crippen LogP contribution in [0.4, 0.5) is 0 Å². The second kappa shape index (κ2) is 5.27. The van der Waals surface area contributed by atoms with E-state index in [-0.39, 0.29) is 30.7 Å². The van der Waals surface area contributed by atoms with Crippen LogP contribution in [0.15, 0.2) is 0 Å². The third-order valence-electron chi connectivity index (χ3n) is 2.82. The summed E-state index contributed by atoms with van der Waals surface area (Å²) in [5, 5.41) is 2.28. The number of amides is 2. The molecule has 6 nitrogen and oxygen atoms in total. The van der Waals surface area contributed by atoms with Gasteiger partial charge in [-0.1, -0.05) is 0 Å². The number of nitrogens with one attached hydrogen (secondary N) is 1. The van der Waals surface area contributed by atoms with Crippen LogP contribution in [0.25, 0.3) is 0 Å².